The first-order valence-electron chi connectivity index (χ1n) is 12.1. The fourth-order valence-corrected chi connectivity index (χ4v) is 4.97. The highest BCUT2D eigenvalue weighted by atomic mass is 32.2. The van der Waals surface area contributed by atoms with Gasteiger partial charge in [0.2, 0.25) is 17.8 Å². The standard InChI is InChI=1S/C23H37N7O4S/c1-5-8-16(3)14-24-21-27-22(25-15-18-9-7-12-30(18)6-2)29-23(28-21)26-17-10-11-19(34-4)20(13-17)35(31,32)33/h10-11,13,16,18H,5-9,12,14-15H2,1-4H3,(H,31,32,33)(H3,24,25,26,27,28,29). The monoisotopic (exact) mass is 507 g/mol. The molecule has 0 aliphatic carbocycles. The van der Waals surface area contributed by atoms with Gasteiger partial charge < -0.3 is 20.7 Å². The van der Waals surface area contributed by atoms with E-state index >= 15 is 0 Å². The fraction of sp³-hybridized carbons (Fsp3) is 0.609. The lowest BCUT2D eigenvalue weighted by molar-refractivity contribution is 0.277. The van der Waals surface area contributed by atoms with Gasteiger partial charge in [-0.05, 0) is 56.5 Å². The molecule has 0 saturated carbocycles. The second-order valence-electron chi connectivity index (χ2n) is 8.85. The van der Waals surface area contributed by atoms with Gasteiger partial charge >= 0.3 is 0 Å². The fourth-order valence-electron chi connectivity index (χ4n) is 4.29. The van der Waals surface area contributed by atoms with Crippen LogP contribution in [-0.2, 0) is 10.1 Å². The predicted octanol–water partition coefficient (Wildman–Crippen LogP) is 3.61. The van der Waals surface area contributed by atoms with Crippen molar-refractivity contribution in [1.29, 1.82) is 0 Å². The first-order chi connectivity index (χ1) is 16.7. The van der Waals surface area contributed by atoms with Crippen LogP contribution < -0.4 is 20.7 Å². The third-order valence-electron chi connectivity index (χ3n) is 6.12. The highest BCUT2D eigenvalue weighted by molar-refractivity contribution is 7.86. The van der Waals surface area contributed by atoms with Crippen LogP contribution in [0, 0.1) is 5.92 Å². The van der Waals surface area contributed by atoms with Crippen molar-refractivity contribution in [2.75, 3.05) is 49.2 Å². The van der Waals surface area contributed by atoms with Crippen LogP contribution in [0.5, 0.6) is 5.75 Å². The van der Waals surface area contributed by atoms with Gasteiger partial charge in [0.25, 0.3) is 10.1 Å². The summed E-state index contributed by atoms with van der Waals surface area (Å²) in [6.07, 6.45) is 4.50. The molecule has 2 heterocycles. The Hall–Kier alpha value is -2.70. The summed E-state index contributed by atoms with van der Waals surface area (Å²) in [6, 6.07) is 4.78. The lowest BCUT2D eigenvalue weighted by Gasteiger charge is -2.23. The smallest absolute Gasteiger partial charge is 0.298 e. The Bertz CT molecular complexity index is 1080. The zero-order valence-corrected chi connectivity index (χ0v) is 21.7. The number of nitrogens with one attached hydrogen (secondary N) is 3. The number of rotatable bonds is 13. The Morgan fingerprint density at radius 1 is 1.17 bits per heavy atom. The summed E-state index contributed by atoms with van der Waals surface area (Å²) in [5.74, 6) is 1.61. The van der Waals surface area contributed by atoms with Crippen molar-refractivity contribution < 1.29 is 17.7 Å². The summed E-state index contributed by atoms with van der Waals surface area (Å²) in [7, 11) is -3.14. The van der Waals surface area contributed by atoms with Gasteiger partial charge in [0.15, 0.2) is 0 Å². The van der Waals surface area contributed by atoms with Gasteiger partial charge in [-0.3, -0.25) is 9.45 Å². The average molecular weight is 508 g/mol. The van der Waals surface area contributed by atoms with E-state index in [2.05, 4.69) is 56.6 Å². The molecule has 1 aliphatic heterocycles. The minimum Gasteiger partial charge on any atom is -0.495 e. The van der Waals surface area contributed by atoms with E-state index in [4.69, 9.17) is 4.74 Å². The minimum atomic E-state index is -4.47. The van der Waals surface area contributed by atoms with Gasteiger partial charge in [-0.25, -0.2) is 0 Å². The van der Waals surface area contributed by atoms with Gasteiger partial charge in [0.05, 0.1) is 7.11 Å². The zero-order chi connectivity index (χ0) is 25.4. The Balaban J connectivity index is 1.83. The Kier molecular flexibility index (Phi) is 9.47. The molecule has 3 rings (SSSR count). The number of methoxy groups -OCH3 is 1. The number of likely N-dealkylation sites (N-methyl/N-ethyl adjacent to an activating group) is 1. The number of anilines is 4. The van der Waals surface area contributed by atoms with Crippen molar-refractivity contribution >= 4 is 33.7 Å². The number of aromatic nitrogens is 3. The molecule has 1 aromatic carbocycles. The quantitative estimate of drug-likeness (QED) is 0.295. The van der Waals surface area contributed by atoms with Gasteiger partial charge in [-0.1, -0.05) is 27.2 Å². The van der Waals surface area contributed by atoms with Crippen LogP contribution in [0.4, 0.5) is 23.5 Å². The average Bonchev–Trinajstić information content (AvgIpc) is 3.29. The number of hydrogen-bond acceptors (Lipinski definition) is 10. The summed E-state index contributed by atoms with van der Waals surface area (Å²) >= 11 is 0. The largest absolute Gasteiger partial charge is 0.495 e. The van der Waals surface area contributed by atoms with Crippen LogP contribution in [-0.4, -0.2) is 72.2 Å². The van der Waals surface area contributed by atoms with Crippen molar-refractivity contribution in [3.8, 4) is 5.75 Å². The highest BCUT2D eigenvalue weighted by Crippen LogP contribution is 2.28. The summed E-state index contributed by atoms with van der Waals surface area (Å²) in [6.45, 7) is 10.0. The molecule has 1 aromatic heterocycles. The summed E-state index contributed by atoms with van der Waals surface area (Å²) in [4.78, 5) is 15.6. The van der Waals surface area contributed by atoms with E-state index in [-0.39, 0.29) is 16.6 Å². The summed E-state index contributed by atoms with van der Waals surface area (Å²) in [5, 5.41) is 9.66. The lowest BCUT2D eigenvalue weighted by atomic mass is 10.1. The normalized spacial score (nSPS) is 17.2. The van der Waals surface area contributed by atoms with E-state index in [0.717, 1.165) is 45.4 Å². The van der Waals surface area contributed by atoms with E-state index in [1.54, 1.807) is 6.07 Å². The molecule has 0 amide bonds. The van der Waals surface area contributed by atoms with Crippen molar-refractivity contribution in [1.82, 2.24) is 19.9 Å². The van der Waals surface area contributed by atoms with Crippen LogP contribution in [0.3, 0.4) is 0 Å². The van der Waals surface area contributed by atoms with Gasteiger partial charge in [-0.15, -0.1) is 0 Å². The SMILES string of the molecule is CCCC(C)CNc1nc(NCC2CCCN2CC)nc(Nc2ccc(OC)c(S(=O)(=O)O)c2)n1. The molecule has 0 spiro atoms. The Morgan fingerprint density at radius 3 is 2.54 bits per heavy atom. The first-order valence-corrected chi connectivity index (χ1v) is 13.6. The zero-order valence-electron chi connectivity index (χ0n) is 20.9. The number of benzene rings is 1. The van der Waals surface area contributed by atoms with Crippen LogP contribution in [0.1, 0.15) is 46.5 Å². The molecule has 0 bridgehead atoms. The second-order valence-corrected chi connectivity index (χ2v) is 10.2. The molecule has 2 aromatic rings. The van der Waals surface area contributed by atoms with Gasteiger partial charge in [0, 0.05) is 24.8 Å². The maximum absolute atomic E-state index is 11.8. The maximum Gasteiger partial charge on any atom is 0.298 e. The van der Waals surface area contributed by atoms with Crippen molar-refractivity contribution in [2.45, 2.75) is 57.4 Å². The molecule has 1 aliphatic rings. The third-order valence-corrected chi connectivity index (χ3v) is 7.00. The van der Waals surface area contributed by atoms with Crippen molar-refractivity contribution in [3.05, 3.63) is 18.2 Å². The molecule has 35 heavy (non-hydrogen) atoms. The van der Waals surface area contributed by atoms with Gasteiger partial charge in [0.1, 0.15) is 10.6 Å². The molecule has 2 unspecified atom stereocenters. The second kappa shape index (κ2) is 12.3. The van der Waals surface area contributed by atoms with E-state index in [0.29, 0.717) is 29.5 Å². The highest BCUT2D eigenvalue weighted by Gasteiger charge is 2.23. The van der Waals surface area contributed by atoms with Crippen LogP contribution in [0.15, 0.2) is 23.1 Å². The van der Waals surface area contributed by atoms with E-state index in [1.807, 2.05) is 0 Å². The molecule has 12 heteroatoms. The molecule has 1 saturated heterocycles. The predicted molar refractivity (Wildman–Crippen MR) is 137 cm³/mol. The number of hydrogen-bond donors (Lipinski definition) is 4. The number of nitrogens with zero attached hydrogens (tertiary/aromatic N) is 4. The molecular formula is C23H37N7O4S. The molecule has 4 N–H and O–H groups in total. The molecule has 194 valence electrons. The van der Waals surface area contributed by atoms with E-state index < -0.39 is 10.1 Å². The van der Waals surface area contributed by atoms with Crippen LogP contribution in [0.2, 0.25) is 0 Å². The van der Waals surface area contributed by atoms with Crippen molar-refractivity contribution in [3.63, 3.8) is 0 Å². The molecule has 2 atom stereocenters. The molecule has 0 radical (unpaired) electrons. The van der Waals surface area contributed by atoms with E-state index in [1.165, 1.54) is 25.7 Å². The minimum absolute atomic E-state index is 0.0420. The maximum atomic E-state index is 11.8. The molecule has 1 fully saturated rings. The number of ether oxygens (including phenoxy) is 1. The first kappa shape index (κ1) is 26.9. The van der Waals surface area contributed by atoms with E-state index in [9.17, 15) is 13.0 Å². The van der Waals surface area contributed by atoms with Crippen molar-refractivity contribution in [2.24, 2.45) is 5.92 Å². The van der Waals surface area contributed by atoms with Crippen LogP contribution in [0.25, 0.3) is 0 Å². The lowest BCUT2D eigenvalue weighted by Crippen LogP contribution is -2.35. The molecule has 11 nitrogen and oxygen atoms in total. The number of likely N-dealkylation sites (tertiary alicyclic amines) is 1. The van der Waals surface area contributed by atoms with Crippen LogP contribution >= 0.6 is 0 Å². The Labute approximate surface area is 207 Å². The Morgan fingerprint density at radius 2 is 1.89 bits per heavy atom. The van der Waals surface area contributed by atoms with Gasteiger partial charge in [-0.2, -0.15) is 23.4 Å². The topological polar surface area (TPSA) is 142 Å². The summed E-state index contributed by atoms with van der Waals surface area (Å²) in [5.41, 5.74) is 0.383. The summed E-state index contributed by atoms with van der Waals surface area (Å²) < 4.78 is 38.2. The molecular weight excluding hydrogens is 470 g/mol. The third kappa shape index (κ3) is 7.64.